The first kappa shape index (κ1) is 11.1. The number of nitrogen functional groups attached to an aromatic ring is 1. The number of aryl methyl sites for hydroxylation is 1. The van der Waals surface area contributed by atoms with Crippen molar-refractivity contribution in [3.05, 3.63) is 22.3 Å². The van der Waals surface area contributed by atoms with Crippen LogP contribution in [0.3, 0.4) is 0 Å². The fourth-order valence-corrected chi connectivity index (χ4v) is 1.97. The van der Waals surface area contributed by atoms with Crippen LogP contribution in [0.15, 0.2) is 16.6 Å². The monoisotopic (exact) mass is 282 g/mol. The summed E-state index contributed by atoms with van der Waals surface area (Å²) in [5.74, 6) is 6.57. The molecule has 0 bridgehead atoms. The van der Waals surface area contributed by atoms with Crippen molar-refractivity contribution in [3.8, 4) is 5.75 Å². The average Bonchev–Trinajstić information content (AvgIpc) is 2.28. The third-order valence-corrected chi connectivity index (χ3v) is 2.88. The van der Waals surface area contributed by atoms with Crippen LogP contribution in [0.1, 0.15) is 5.69 Å². The normalized spacial score (nSPS) is 10.5. The fraction of sp³-hybridized carbons (Fsp3) is 0.200. The quantitative estimate of drug-likeness (QED) is 0.651. The molecule has 0 saturated carbocycles. The van der Waals surface area contributed by atoms with E-state index in [2.05, 4.69) is 31.3 Å². The molecule has 5 nitrogen and oxygen atoms in total. The number of methoxy groups -OCH3 is 1. The van der Waals surface area contributed by atoms with Crippen LogP contribution in [0.25, 0.3) is 11.0 Å². The SMILES string of the molecule is COc1c(Br)ccc2nc(C)c(NN)nc12. The van der Waals surface area contributed by atoms with Crippen LogP contribution in [0.2, 0.25) is 0 Å². The highest BCUT2D eigenvalue weighted by atomic mass is 79.9. The maximum Gasteiger partial charge on any atom is 0.162 e. The number of nitrogens with two attached hydrogens (primary N) is 1. The number of ether oxygens (including phenoxy) is 1. The molecule has 0 amide bonds. The van der Waals surface area contributed by atoms with E-state index in [1.54, 1.807) is 7.11 Å². The van der Waals surface area contributed by atoms with Crippen LogP contribution in [-0.4, -0.2) is 17.1 Å². The number of nitrogens with zero attached hydrogens (tertiary/aromatic N) is 2. The topological polar surface area (TPSA) is 73.1 Å². The summed E-state index contributed by atoms with van der Waals surface area (Å²) in [6.07, 6.45) is 0. The number of aromatic nitrogens is 2. The zero-order chi connectivity index (χ0) is 11.7. The summed E-state index contributed by atoms with van der Waals surface area (Å²) in [5.41, 5.74) is 4.71. The molecule has 2 rings (SSSR count). The Morgan fingerprint density at radius 2 is 2.12 bits per heavy atom. The molecule has 16 heavy (non-hydrogen) atoms. The largest absolute Gasteiger partial charge is 0.493 e. The second-order valence-electron chi connectivity index (χ2n) is 3.25. The molecule has 0 aliphatic carbocycles. The van der Waals surface area contributed by atoms with Gasteiger partial charge < -0.3 is 10.2 Å². The van der Waals surface area contributed by atoms with E-state index in [4.69, 9.17) is 10.6 Å². The van der Waals surface area contributed by atoms with Gasteiger partial charge in [0.25, 0.3) is 0 Å². The van der Waals surface area contributed by atoms with E-state index in [1.807, 2.05) is 19.1 Å². The Labute approximate surface area is 101 Å². The van der Waals surface area contributed by atoms with E-state index in [1.165, 1.54) is 0 Å². The minimum atomic E-state index is 0.545. The molecule has 3 N–H and O–H groups in total. The molecule has 0 radical (unpaired) electrons. The molecular formula is C10H11BrN4O. The van der Waals surface area contributed by atoms with Crippen molar-refractivity contribution in [1.82, 2.24) is 9.97 Å². The Hall–Kier alpha value is -1.40. The lowest BCUT2D eigenvalue weighted by Gasteiger charge is -2.09. The molecule has 6 heteroatoms. The molecule has 84 valence electrons. The molecule has 2 aromatic rings. The van der Waals surface area contributed by atoms with Gasteiger partial charge in [-0.05, 0) is 35.0 Å². The van der Waals surface area contributed by atoms with E-state index in [-0.39, 0.29) is 0 Å². The van der Waals surface area contributed by atoms with E-state index >= 15 is 0 Å². The first-order valence-electron chi connectivity index (χ1n) is 4.65. The van der Waals surface area contributed by atoms with E-state index in [9.17, 15) is 0 Å². The first-order chi connectivity index (χ1) is 7.67. The highest BCUT2D eigenvalue weighted by Gasteiger charge is 2.11. The lowest BCUT2D eigenvalue weighted by Crippen LogP contribution is -2.11. The highest BCUT2D eigenvalue weighted by molar-refractivity contribution is 9.10. The molecule has 0 atom stereocenters. The first-order valence-corrected chi connectivity index (χ1v) is 5.44. The summed E-state index contributed by atoms with van der Waals surface area (Å²) in [6, 6.07) is 3.76. The zero-order valence-electron chi connectivity index (χ0n) is 8.91. The molecule has 1 aromatic heterocycles. The number of anilines is 1. The van der Waals surface area contributed by atoms with Gasteiger partial charge in [-0.1, -0.05) is 0 Å². The van der Waals surface area contributed by atoms with Crippen LogP contribution < -0.4 is 16.0 Å². The summed E-state index contributed by atoms with van der Waals surface area (Å²) in [7, 11) is 1.59. The summed E-state index contributed by atoms with van der Waals surface area (Å²) in [6.45, 7) is 1.84. The van der Waals surface area contributed by atoms with Gasteiger partial charge in [0.15, 0.2) is 11.6 Å². The Morgan fingerprint density at radius 1 is 1.38 bits per heavy atom. The van der Waals surface area contributed by atoms with Gasteiger partial charge in [0, 0.05) is 0 Å². The van der Waals surface area contributed by atoms with Crippen LogP contribution >= 0.6 is 15.9 Å². The van der Waals surface area contributed by atoms with Crippen LogP contribution in [0.5, 0.6) is 5.75 Å². The van der Waals surface area contributed by atoms with Gasteiger partial charge in [0.05, 0.1) is 22.8 Å². The van der Waals surface area contributed by atoms with Crippen LogP contribution in [0, 0.1) is 6.92 Å². The number of rotatable bonds is 2. The Kier molecular flexibility index (Phi) is 2.93. The number of hydrogen-bond donors (Lipinski definition) is 2. The van der Waals surface area contributed by atoms with Crippen LogP contribution in [0.4, 0.5) is 5.82 Å². The number of nitrogens with one attached hydrogen (secondary N) is 1. The Balaban J connectivity index is 2.81. The number of hydrazine groups is 1. The predicted molar refractivity (Wildman–Crippen MR) is 66.3 cm³/mol. The minimum absolute atomic E-state index is 0.545. The van der Waals surface area contributed by atoms with Crippen molar-refractivity contribution in [2.45, 2.75) is 6.92 Å². The molecule has 0 aliphatic heterocycles. The van der Waals surface area contributed by atoms with E-state index in [0.29, 0.717) is 17.1 Å². The highest BCUT2D eigenvalue weighted by Crippen LogP contribution is 2.32. The Morgan fingerprint density at radius 3 is 2.75 bits per heavy atom. The van der Waals surface area contributed by atoms with Gasteiger partial charge in [0.2, 0.25) is 0 Å². The molecule has 0 spiro atoms. The minimum Gasteiger partial charge on any atom is -0.493 e. The van der Waals surface area contributed by atoms with Gasteiger partial charge in [-0.2, -0.15) is 0 Å². The summed E-state index contributed by atoms with van der Waals surface area (Å²) in [5, 5.41) is 0. The van der Waals surface area contributed by atoms with Gasteiger partial charge in [-0.25, -0.2) is 15.8 Å². The fourth-order valence-electron chi connectivity index (χ4n) is 1.49. The number of benzene rings is 1. The van der Waals surface area contributed by atoms with E-state index < -0.39 is 0 Å². The molecule has 0 aliphatic rings. The lowest BCUT2D eigenvalue weighted by atomic mass is 10.2. The van der Waals surface area contributed by atoms with Crippen molar-refractivity contribution in [2.24, 2.45) is 5.84 Å². The molecule has 0 fully saturated rings. The zero-order valence-corrected chi connectivity index (χ0v) is 10.5. The molecule has 0 unspecified atom stereocenters. The van der Waals surface area contributed by atoms with Gasteiger partial charge in [-0.3, -0.25) is 0 Å². The molecule has 1 aromatic carbocycles. The third kappa shape index (κ3) is 1.70. The van der Waals surface area contributed by atoms with Crippen molar-refractivity contribution in [1.29, 1.82) is 0 Å². The van der Waals surface area contributed by atoms with Crippen molar-refractivity contribution in [2.75, 3.05) is 12.5 Å². The maximum atomic E-state index is 5.37. The molecule has 0 saturated heterocycles. The number of halogens is 1. The number of fused-ring (bicyclic) bond motifs is 1. The summed E-state index contributed by atoms with van der Waals surface area (Å²) < 4.78 is 6.12. The smallest absolute Gasteiger partial charge is 0.162 e. The van der Waals surface area contributed by atoms with Crippen LogP contribution in [-0.2, 0) is 0 Å². The van der Waals surface area contributed by atoms with Gasteiger partial charge in [0.1, 0.15) is 5.52 Å². The van der Waals surface area contributed by atoms with Crippen molar-refractivity contribution < 1.29 is 4.74 Å². The van der Waals surface area contributed by atoms with Gasteiger partial charge in [-0.15, -0.1) is 0 Å². The van der Waals surface area contributed by atoms with Gasteiger partial charge >= 0.3 is 0 Å². The average molecular weight is 283 g/mol. The second kappa shape index (κ2) is 4.23. The summed E-state index contributed by atoms with van der Waals surface area (Å²) in [4.78, 5) is 8.76. The van der Waals surface area contributed by atoms with Crippen molar-refractivity contribution in [3.63, 3.8) is 0 Å². The van der Waals surface area contributed by atoms with Crippen molar-refractivity contribution >= 4 is 32.8 Å². The van der Waals surface area contributed by atoms with E-state index in [0.717, 1.165) is 15.7 Å². The maximum absolute atomic E-state index is 5.37. The standard InChI is InChI=1S/C10H11BrN4O/c1-5-10(15-12)14-8-7(13-5)4-3-6(11)9(8)16-2/h3-4H,12H2,1-2H3,(H,14,15). The number of hydrogen-bond acceptors (Lipinski definition) is 5. The molecule has 1 heterocycles. The summed E-state index contributed by atoms with van der Waals surface area (Å²) >= 11 is 3.40. The second-order valence-corrected chi connectivity index (χ2v) is 4.10. The Bertz CT molecular complexity index is 544. The third-order valence-electron chi connectivity index (χ3n) is 2.26. The predicted octanol–water partition coefficient (Wildman–Crippen LogP) is 1.99. The lowest BCUT2D eigenvalue weighted by molar-refractivity contribution is 0.416. The molecular weight excluding hydrogens is 272 g/mol.